The van der Waals surface area contributed by atoms with Crippen molar-refractivity contribution in [3.63, 3.8) is 0 Å². The van der Waals surface area contributed by atoms with Crippen LogP contribution in [0.1, 0.15) is 46.5 Å². The third-order valence-electron chi connectivity index (χ3n) is 6.10. The number of fused-ring (bicyclic) bond motifs is 1. The fourth-order valence-electron chi connectivity index (χ4n) is 4.30. The molecule has 0 atom stereocenters. The molecule has 0 aromatic heterocycles. The molecule has 1 heterocycles. The largest absolute Gasteiger partial charge is 0.497 e. The van der Waals surface area contributed by atoms with Gasteiger partial charge in [-0.05, 0) is 67.1 Å². The third-order valence-corrected chi connectivity index (χ3v) is 6.10. The lowest BCUT2D eigenvalue weighted by atomic mass is 9.85. The molecule has 4 rings (SSSR count). The van der Waals surface area contributed by atoms with Crippen LogP contribution >= 0.6 is 0 Å². The van der Waals surface area contributed by atoms with Gasteiger partial charge in [0.2, 0.25) is 0 Å². The summed E-state index contributed by atoms with van der Waals surface area (Å²) in [6.45, 7) is 5.95. The Bertz CT molecular complexity index is 937. The van der Waals surface area contributed by atoms with Crippen LogP contribution in [-0.4, -0.2) is 39.2 Å². The van der Waals surface area contributed by atoms with Crippen molar-refractivity contribution in [3.8, 4) is 5.75 Å². The Hall–Kier alpha value is -2.41. The Kier molecular flexibility index (Phi) is 6.06. The molecule has 1 fully saturated rings. The molecule has 2 aromatic carbocycles. The van der Waals surface area contributed by atoms with E-state index >= 15 is 0 Å². The van der Waals surface area contributed by atoms with Crippen LogP contribution in [0.15, 0.2) is 36.4 Å². The molecule has 0 amide bonds. The zero-order valence-corrected chi connectivity index (χ0v) is 18.7. The molecule has 6 heteroatoms. The van der Waals surface area contributed by atoms with E-state index in [4.69, 9.17) is 23.7 Å². The van der Waals surface area contributed by atoms with Gasteiger partial charge in [-0.15, -0.1) is 0 Å². The first kappa shape index (κ1) is 21.8. The Morgan fingerprint density at radius 3 is 2.23 bits per heavy atom. The van der Waals surface area contributed by atoms with E-state index in [9.17, 15) is 4.79 Å². The van der Waals surface area contributed by atoms with Gasteiger partial charge in [0, 0.05) is 5.41 Å². The van der Waals surface area contributed by atoms with Crippen LogP contribution in [0.3, 0.4) is 0 Å². The van der Waals surface area contributed by atoms with Gasteiger partial charge in [0.25, 0.3) is 0 Å². The summed E-state index contributed by atoms with van der Waals surface area (Å²) in [6, 6.07) is 11.8. The summed E-state index contributed by atoms with van der Waals surface area (Å²) >= 11 is 0. The normalized spacial score (nSPS) is 18.6. The average Bonchev–Trinajstić information content (AvgIpc) is 3.13. The second-order valence-electron chi connectivity index (χ2n) is 8.94. The van der Waals surface area contributed by atoms with Crippen molar-refractivity contribution in [1.82, 2.24) is 0 Å². The minimum Gasteiger partial charge on any atom is -0.497 e. The number of ether oxygens (including phenoxy) is 5. The summed E-state index contributed by atoms with van der Waals surface area (Å²) in [6.07, 6.45) is 1.70. The monoisotopic (exact) mass is 426 g/mol. The third kappa shape index (κ3) is 4.76. The van der Waals surface area contributed by atoms with Crippen LogP contribution in [0.25, 0.3) is 0 Å². The number of hydrogen-bond donors (Lipinski definition) is 0. The maximum Gasteiger partial charge on any atom is 0.338 e. The average molecular weight is 427 g/mol. The molecule has 166 valence electrons. The van der Waals surface area contributed by atoms with E-state index in [0.717, 1.165) is 35.3 Å². The van der Waals surface area contributed by atoms with E-state index in [1.165, 1.54) is 12.7 Å². The van der Waals surface area contributed by atoms with E-state index < -0.39 is 5.79 Å². The molecule has 0 radical (unpaired) electrons. The molecule has 1 saturated heterocycles. The first-order chi connectivity index (χ1) is 14.8. The minimum absolute atomic E-state index is 0.0756. The summed E-state index contributed by atoms with van der Waals surface area (Å²) in [4.78, 5) is 12.4. The van der Waals surface area contributed by atoms with Gasteiger partial charge in [0.05, 0.1) is 46.2 Å². The lowest BCUT2D eigenvalue weighted by molar-refractivity contribution is -0.283. The van der Waals surface area contributed by atoms with E-state index in [1.54, 1.807) is 7.11 Å². The van der Waals surface area contributed by atoms with Crippen molar-refractivity contribution in [2.75, 3.05) is 27.4 Å². The van der Waals surface area contributed by atoms with Gasteiger partial charge in [-0.3, -0.25) is 0 Å². The second-order valence-corrected chi connectivity index (χ2v) is 8.94. The summed E-state index contributed by atoms with van der Waals surface area (Å²) in [5.74, 6) is -0.0788. The quantitative estimate of drug-likeness (QED) is 0.649. The molecule has 0 bridgehead atoms. The standard InChI is InChI=1S/C25H30O6/c1-24(2)30-15-25(16-31-24)11-18-9-20(22(23(26)28-4)10-19(18)12-25)14-29-13-17-5-7-21(27-3)8-6-17/h5-10H,11-16H2,1-4H3. The maximum atomic E-state index is 12.4. The summed E-state index contributed by atoms with van der Waals surface area (Å²) in [5.41, 5.74) is 4.75. The number of rotatable bonds is 6. The van der Waals surface area contributed by atoms with Crippen molar-refractivity contribution in [2.24, 2.45) is 5.41 Å². The SMILES string of the molecule is COC(=O)c1cc2c(cc1COCc1ccc(OC)cc1)CC1(COC(C)(C)OC1)C2. The van der Waals surface area contributed by atoms with Gasteiger partial charge >= 0.3 is 5.97 Å². The Morgan fingerprint density at radius 2 is 1.61 bits per heavy atom. The van der Waals surface area contributed by atoms with Gasteiger partial charge in [-0.25, -0.2) is 4.79 Å². The smallest absolute Gasteiger partial charge is 0.338 e. The number of carbonyl (C=O) groups is 1. The zero-order valence-electron chi connectivity index (χ0n) is 18.7. The highest BCUT2D eigenvalue weighted by Gasteiger charge is 2.44. The minimum atomic E-state index is -0.544. The summed E-state index contributed by atoms with van der Waals surface area (Å²) in [5, 5.41) is 0. The molecule has 31 heavy (non-hydrogen) atoms. The van der Waals surface area contributed by atoms with E-state index in [2.05, 4.69) is 6.07 Å². The topological polar surface area (TPSA) is 63.2 Å². The van der Waals surface area contributed by atoms with Crippen molar-refractivity contribution in [3.05, 3.63) is 64.2 Å². The lowest BCUT2D eigenvalue weighted by Gasteiger charge is -2.41. The van der Waals surface area contributed by atoms with Crippen LogP contribution in [-0.2, 0) is 45.0 Å². The van der Waals surface area contributed by atoms with E-state index in [-0.39, 0.29) is 11.4 Å². The number of hydrogen-bond acceptors (Lipinski definition) is 6. The first-order valence-corrected chi connectivity index (χ1v) is 10.5. The number of esters is 1. The van der Waals surface area contributed by atoms with E-state index in [0.29, 0.717) is 32.0 Å². The number of carbonyl (C=O) groups excluding carboxylic acids is 1. The fraction of sp³-hybridized carbons (Fsp3) is 0.480. The number of benzene rings is 2. The predicted octanol–water partition coefficient (Wildman–Crippen LogP) is 4.07. The summed E-state index contributed by atoms with van der Waals surface area (Å²) < 4.78 is 28.1. The van der Waals surface area contributed by atoms with Crippen molar-refractivity contribution >= 4 is 5.97 Å². The van der Waals surface area contributed by atoms with Crippen molar-refractivity contribution < 1.29 is 28.5 Å². The molecule has 2 aromatic rings. The molecule has 0 N–H and O–H groups in total. The molecular weight excluding hydrogens is 396 g/mol. The molecule has 1 aliphatic carbocycles. The first-order valence-electron chi connectivity index (χ1n) is 10.5. The van der Waals surface area contributed by atoms with Gasteiger partial charge in [0.15, 0.2) is 5.79 Å². The van der Waals surface area contributed by atoms with Crippen LogP contribution in [0.5, 0.6) is 5.75 Å². The highest BCUT2D eigenvalue weighted by Crippen LogP contribution is 2.43. The highest BCUT2D eigenvalue weighted by atomic mass is 16.7. The van der Waals surface area contributed by atoms with E-state index in [1.807, 2.05) is 44.2 Å². The fourth-order valence-corrected chi connectivity index (χ4v) is 4.30. The van der Waals surface area contributed by atoms with Crippen LogP contribution < -0.4 is 4.74 Å². The van der Waals surface area contributed by atoms with Gasteiger partial charge in [0.1, 0.15) is 5.75 Å². The van der Waals surface area contributed by atoms with Crippen LogP contribution in [0.4, 0.5) is 0 Å². The van der Waals surface area contributed by atoms with Crippen LogP contribution in [0.2, 0.25) is 0 Å². The van der Waals surface area contributed by atoms with Gasteiger partial charge < -0.3 is 23.7 Å². The summed E-state index contributed by atoms with van der Waals surface area (Å²) in [7, 11) is 3.05. The Labute approximate surface area is 183 Å². The molecule has 2 aliphatic rings. The van der Waals surface area contributed by atoms with Crippen molar-refractivity contribution in [2.45, 2.75) is 45.7 Å². The maximum absolute atomic E-state index is 12.4. The molecule has 1 spiro atoms. The van der Waals surface area contributed by atoms with Crippen molar-refractivity contribution in [1.29, 1.82) is 0 Å². The predicted molar refractivity (Wildman–Crippen MR) is 115 cm³/mol. The second kappa shape index (κ2) is 8.61. The van der Waals surface area contributed by atoms with Gasteiger partial charge in [-0.2, -0.15) is 0 Å². The molecular formula is C25H30O6. The van der Waals surface area contributed by atoms with Gasteiger partial charge in [-0.1, -0.05) is 18.2 Å². The lowest BCUT2D eigenvalue weighted by Crippen LogP contribution is -2.47. The molecule has 0 unspecified atom stereocenters. The number of methoxy groups -OCH3 is 2. The molecule has 0 saturated carbocycles. The molecule has 6 nitrogen and oxygen atoms in total. The zero-order chi connectivity index (χ0) is 22.1. The highest BCUT2D eigenvalue weighted by molar-refractivity contribution is 5.91. The Morgan fingerprint density at radius 1 is 0.968 bits per heavy atom. The van der Waals surface area contributed by atoms with Crippen LogP contribution in [0, 0.1) is 5.41 Å². The molecule has 1 aliphatic heterocycles. The Balaban J connectivity index is 1.49.